The Bertz CT molecular complexity index is 1050. The zero-order chi connectivity index (χ0) is 19.8. The van der Waals surface area contributed by atoms with Crippen LogP contribution < -0.4 is 15.5 Å². The van der Waals surface area contributed by atoms with Crippen molar-refractivity contribution in [2.24, 2.45) is 0 Å². The van der Waals surface area contributed by atoms with Gasteiger partial charge in [0.1, 0.15) is 5.82 Å². The number of carboxylic acid groups (broad SMARTS) is 1. The Morgan fingerprint density at radius 1 is 1.18 bits per heavy atom. The molecule has 1 aromatic heterocycles. The summed E-state index contributed by atoms with van der Waals surface area (Å²) in [5, 5.41) is 10.2. The maximum absolute atomic E-state index is 11.8. The highest BCUT2D eigenvalue weighted by molar-refractivity contribution is 6.04. The third kappa shape index (κ3) is 3.33. The van der Waals surface area contributed by atoms with Gasteiger partial charge in [0.25, 0.3) is 0 Å². The molecule has 1 saturated heterocycles. The van der Waals surface area contributed by atoms with Crippen molar-refractivity contribution in [2.75, 3.05) is 35.2 Å². The van der Waals surface area contributed by atoms with Gasteiger partial charge in [0.15, 0.2) is 0 Å². The number of pyridine rings is 1. The number of nitrogens with zero attached hydrogens (tertiary/aromatic N) is 3. The molecule has 2 heterocycles. The standard InChI is InChI=1S/C22H24N4O2/c1-14-4-3-5-17(10-14)26-9-8-25(13-15(26)2)21-12-19(22(27)28)18-11-16(23)6-7-20(18)24-21/h3-7,10-12,15H,8-9,13,23H2,1-2H3,(H,27,28). The van der Waals surface area contributed by atoms with Crippen LogP contribution in [0.15, 0.2) is 48.5 Å². The number of benzene rings is 2. The highest BCUT2D eigenvalue weighted by atomic mass is 16.4. The van der Waals surface area contributed by atoms with Gasteiger partial charge >= 0.3 is 5.97 Å². The van der Waals surface area contributed by atoms with E-state index < -0.39 is 5.97 Å². The predicted octanol–water partition coefficient (Wildman–Crippen LogP) is 3.54. The summed E-state index contributed by atoms with van der Waals surface area (Å²) in [5.41, 5.74) is 9.72. The van der Waals surface area contributed by atoms with Crippen molar-refractivity contribution in [3.05, 3.63) is 59.7 Å². The normalized spacial score (nSPS) is 17.1. The minimum Gasteiger partial charge on any atom is -0.478 e. The van der Waals surface area contributed by atoms with E-state index in [-0.39, 0.29) is 11.6 Å². The molecule has 1 atom stereocenters. The summed E-state index contributed by atoms with van der Waals surface area (Å²) >= 11 is 0. The number of aryl methyl sites for hydroxylation is 1. The van der Waals surface area contributed by atoms with Gasteiger partial charge in [0.05, 0.1) is 11.1 Å². The lowest BCUT2D eigenvalue weighted by molar-refractivity contribution is 0.0699. The molecule has 0 spiro atoms. The van der Waals surface area contributed by atoms with Gasteiger partial charge in [0, 0.05) is 42.4 Å². The summed E-state index contributed by atoms with van der Waals surface area (Å²) in [4.78, 5) is 21.1. The van der Waals surface area contributed by atoms with Crippen molar-refractivity contribution >= 4 is 34.1 Å². The molecule has 2 aromatic carbocycles. The smallest absolute Gasteiger partial charge is 0.336 e. The van der Waals surface area contributed by atoms with Gasteiger partial charge in [-0.25, -0.2) is 9.78 Å². The lowest BCUT2D eigenvalue weighted by Crippen LogP contribution is -2.52. The molecule has 4 rings (SSSR count). The van der Waals surface area contributed by atoms with Crippen LogP contribution in [0, 0.1) is 6.92 Å². The van der Waals surface area contributed by atoms with Crippen molar-refractivity contribution in [3.8, 4) is 0 Å². The first-order valence-corrected chi connectivity index (χ1v) is 9.44. The van der Waals surface area contributed by atoms with Gasteiger partial charge in [-0.15, -0.1) is 0 Å². The molecule has 1 aliphatic rings. The van der Waals surface area contributed by atoms with E-state index >= 15 is 0 Å². The fourth-order valence-corrected chi connectivity index (χ4v) is 3.92. The molecule has 0 radical (unpaired) electrons. The number of aromatic nitrogens is 1. The van der Waals surface area contributed by atoms with Crippen LogP contribution in [0.2, 0.25) is 0 Å². The maximum Gasteiger partial charge on any atom is 0.336 e. The third-order valence-corrected chi connectivity index (χ3v) is 5.33. The largest absolute Gasteiger partial charge is 0.478 e. The Hall–Kier alpha value is -3.28. The van der Waals surface area contributed by atoms with E-state index in [1.165, 1.54) is 11.3 Å². The van der Waals surface area contributed by atoms with E-state index in [1.807, 2.05) is 0 Å². The van der Waals surface area contributed by atoms with Crippen molar-refractivity contribution in [3.63, 3.8) is 0 Å². The number of fused-ring (bicyclic) bond motifs is 1. The highest BCUT2D eigenvalue weighted by Crippen LogP contribution is 2.28. The van der Waals surface area contributed by atoms with Crippen LogP contribution >= 0.6 is 0 Å². The number of aromatic carboxylic acids is 1. The number of rotatable bonds is 3. The van der Waals surface area contributed by atoms with Crippen molar-refractivity contribution in [1.29, 1.82) is 0 Å². The molecule has 144 valence electrons. The van der Waals surface area contributed by atoms with E-state index in [4.69, 9.17) is 10.7 Å². The fourth-order valence-electron chi connectivity index (χ4n) is 3.92. The Morgan fingerprint density at radius 3 is 2.71 bits per heavy atom. The zero-order valence-electron chi connectivity index (χ0n) is 16.1. The van der Waals surface area contributed by atoms with Gasteiger partial charge in [-0.05, 0) is 55.8 Å². The molecule has 0 bridgehead atoms. The summed E-state index contributed by atoms with van der Waals surface area (Å²) < 4.78 is 0. The van der Waals surface area contributed by atoms with Gasteiger partial charge < -0.3 is 20.6 Å². The highest BCUT2D eigenvalue weighted by Gasteiger charge is 2.26. The van der Waals surface area contributed by atoms with Crippen molar-refractivity contribution in [2.45, 2.75) is 19.9 Å². The van der Waals surface area contributed by atoms with E-state index in [1.54, 1.807) is 24.3 Å². The summed E-state index contributed by atoms with van der Waals surface area (Å²) in [6.45, 7) is 6.71. The fraction of sp³-hybridized carbons (Fsp3) is 0.273. The van der Waals surface area contributed by atoms with Crippen molar-refractivity contribution < 1.29 is 9.90 Å². The summed E-state index contributed by atoms with van der Waals surface area (Å²) in [5.74, 6) is -0.267. The molecule has 1 aliphatic heterocycles. The monoisotopic (exact) mass is 376 g/mol. The minimum atomic E-state index is -0.967. The molecule has 6 heteroatoms. The second kappa shape index (κ2) is 7.03. The number of nitrogens with two attached hydrogens (primary N) is 1. The number of nitrogen functional groups attached to an aromatic ring is 1. The summed E-state index contributed by atoms with van der Waals surface area (Å²) in [7, 11) is 0. The Balaban J connectivity index is 1.64. The number of hydrogen-bond acceptors (Lipinski definition) is 5. The first-order valence-electron chi connectivity index (χ1n) is 9.44. The molecule has 0 aliphatic carbocycles. The Labute approximate surface area is 164 Å². The second-order valence-corrected chi connectivity index (χ2v) is 7.44. The molecular weight excluding hydrogens is 352 g/mol. The first kappa shape index (κ1) is 18.1. The van der Waals surface area contributed by atoms with Crippen LogP contribution in [0.4, 0.5) is 17.2 Å². The van der Waals surface area contributed by atoms with Gasteiger partial charge in [-0.2, -0.15) is 0 Å². The zero-order valence-corrected chi connectivity index (χ0v) is 16.1. The van der Waals surface area contributed by atoms with Crippen LogP contribution in [-0.4, -0.2) is 41.7 Å². The number of hydrogen-bond donors (Lipinski definition) is 2. The lowest BCUT2D eigenvalue weighted by Gasteiger charge is -2.42. The molecule has 6 nitrogen and oxygen atoms in total. The van der Waals surface area contributed by atoms with E-state index in [0.29, 0.717) is 22.4 Å². The average Bonchev–Trinajstić information content (AvgIpc) is 2.67. The van der Waals surface area contributed by atoms with Gasteiger partial charge in [-0.1, -0.05) is 12.1 Å². The Kier molecular flexibility index (Phi) is 4.55. The minimum absolute atomic E-state index is 0.237. The van der Waals surface area contributed by atoms with Crippen LogP contribution in [0.3, 0.4) is 0 Å². The van der Waals surface area contributed by atoms with Crippen LogP contribution in [0.1, 0.15) is 22.8 Å². The molecular formula is C22H24N4O2. The molecule has 0 amide bonds. The molecule has 3 aromatic rings. The number of anilines is 3. The predicted molar refractivity (Wildman–Crippen MR) is 113 cm³/mol. The number of carbonyl (C=O) groups is 1. The molecule has 1 fully saturated rings. The second-order valence-electron chi connectivity index (χ2n) is 7.44. The first-order chi connectivity index (χ1) is 13.4. The number of piperazine rings is 1. The topological polar surface area (TPSA) is 82.7 Å². The van der Waals surface area contributed by atoms with Crippen molar-refractivity contribution in [1.82, 2.24) is 4.98 Å². The molecule has 0 saturated carbocycles. The van der Waals surface area contributed by atoms with E-state index in [0.717, 1.165) is 19.6 Å². The van der Waals surface area contributed by atoms with Crippen LogP contribution in [-0.2, 0) is 0 Å². The van der Waals surface area contributed by atoms with E-state index in [2.05, 4.69) is 47.9 Å². The Morgan fingerprint density at radius 2 is 2.00 bits per heavy atom. The summed E-state index contributed by atoms with van der Waals surface area (Å²) in [6, 6.07) is 15.7. The van der Waals surface area contributed by atoms with Crippen LogP contribution in [0.5, 0.6) is 0 Å². The maximum atomic E-state index is 11.8. The number of carboxylic acids is 1. The van der Waals surface area contributed by atoms with Gasteiger partial charge in [0.2, 0.25) is 0 Å². The quantitative estimate of drug-likeness (QED) is 0.681. The SMILES string of the molecule is Cc1cccc(N2CCN(c3cc(C(=O)O)c4cc(N)ccc4n3)CC2C)c1. The van der Waals surface area contributed by atoms with Gasteiger partial charge in [-0.3, -0.25) is 0 Å². The molecule has 3 N–H and O–H groups in total. The third-order valence-electron chi connectivity index (χ3n) is 5.33. The molecule has 1 unspecified atom stereocenters. The average molecular weight is 376 g/mol. The van der Waals surface area contributed by atoms with Crippen LogP contribution in [0.25, 0.3) is 10.9 Å². The van der Waals surface area contributed by atoms with E-state index in [9.17, 15) is 9.90 Å². The molecule has 28 heavy (non-hydrogen) atoms. The summed E-state index contributed by atoms with van der Waals surface area (Å²) in [6.07, 6.45) is 0. The lowest BCUT2D eigenvalue weighted by atomic mass is 10.1.